The molecule has 34 heavy (non-hydrogen) atoms. The number of hydrogen-bond donors (Lipinski definition) is 1. The third-order valence-electron chi connectivity index (χ3n) is 6.96. The fourth-order valence-electron chi connectivity index (χ4n) is 4.78. The first-order valence-electron chi connectivity index (χ1n) is 11.6. The van der Waals surface area contributed by atoms with Gasteiger partial charge in [-0.15, -0.1) is 0 Å². The molecule has 2 fully saturated rings. The van der Waals surface area contributed by atoms with Gasteiger partial charge < -0.3 is 5.11 Å². The quantitative estimate of drug-likeness (QED) is 0.376. The average molecular weight is 507 g/mol. The molecule has 0 radical (unpaired) electrons. The number of benzene rings is 2. The van der Waals surface area contributed by atoms with Crippen LogP contribution >= 0.6 is 0 Å². The van der Waals surface area contributed by atoms with Crippen molar-refractivity contribution in [2.24, 2.45) is 0 Å². The molecule has 2 aromatic carbocycles. The van der Waals surface area contributed by atoms with Crippen LogP contribution in [0.3, 0.4) is 0 Å². The Kier molecular flexibility index (Phi) is 6.90. The molecule has 4 rings (SSSR count). The highest BCUT2D eigenvalue weighted by molar-refractivity contribution is 7.91. The molecule has 0 aliphatic heterocycles. The van der Waals surface area contributed by atoms with E-state index in [2.05, 4.69) is 0 Å². The molecule has 0 unspecified atom stereocenters. The van der Waals surface area contributed by atoms with Crippen LogP contribution in [0.25, 0.3) is 0 Å². The molecule has 2 aliphatic rings. The standard InChI is InChI=1S/C25H30O7S2/c1-18-7-9-20(10-8-18)34(30,31)32-15-4-16-33(28,29)21-11-12-23(25(13-14-25)24(26)27)22(17-21)19-5-2-3-6-19/h7-12,17,19H,2-6,13-16H2,1H3,(H,26,27). The average Bonchev–Trinajstić information content (AvgIpc) is 3.43. The minimum atomic E-state index is -3.95. The summed E-state index contributed by atoms with van der Waals surface area (Å²) in [5.74, 6) is -0.941. The zero-order valence-electron chi connectivity index (χ0n) is 19.2. The lowest BCUT2D eigenvalue weighted by Crippen LogP contribution is -2.22. The fraction of sp³-hybridized carbons (Fsp3) is 0.480. The molecule has 9 heteroatoms. The number of sulfone groups is 1. The van der Waals surface area contributed by atoms with Crippen LogP contribution in [0.5, 0.6) is 0 Å². The van der Waals surface area contributed by atoms with Crippen molar-refractivity contribution in [3.63, 3.8) is 0 Å². The molecule has 0 saturated heterocycles. The maximum absolute atomic E-state index is 13.0. The van der Waals surface area contributed by atoms with E-state index in [1.54, 1.807) is 24.3 Å². The number of carboxylic acid groups (broad SMARTS) is 1. The Morgan fingerprint density at radius 1 is 1.00 bits per heavy atom. The molecule has 2 aliphatic carbocycles. The smallest absolute Gasteiger partial charge is 0.314 e. The summed E-state index contributed by atoms with van der Waals surface area (Å²) in [6.07, 6.45) is 5.12. The van der Waals surface area contributed by atoms with E-state index < -0.39 is 31.3 Å². The number of hydrogen-bond acceptors (Lipinski definition) is 6. The molecule has 1 N–H and O–H groups in total. The Labute approximate surface area is 201 Å². The third kappa shape index (κ3) is 5.06. The second-order valence-corrected chi connectivity index (χ2v) is 13.1. The summed E-state index contributed by atoms with van der Waals surface area (Å²) in [5.41, 5.74) is 1.62. The monoisotopic (exact) mass is 506 g/mol. The van der Waals surface area contributed by atoms with E-state index in [4.69, 9.17) is 4.18 Å². The lowest BCUT2D eigenvalue weighted by Gasteiger charge is -2.21. The largest absolute Gasteiger partial charge is 0.481 e. The molecule has 0 atom stereocenters. The van der Waals surface area contributed by atoms with E-state index in [1.165, 1.54) is 18.2 Å². The van der Waals surface area contributed by atoms with Gasteiger partial charge in [0.2, 0.25) is 0 Å². The lowest BCUT2D eigenvalue weighted by molar-refractivity contribution is -0.140. The Morgan fingerprint density at radius 2 is 1.62 bits per heavy atom. The lowest BCUT2D eigenvalue weighted by atomic mass is 9.84. The van der Waals surface area contributed by atoms with Crippen LogP contribution in [0.15, 0.2) is 52.3 Å². The van der Waals surface area contributed by atoms with Gasteiger partial charge in [-0.3, -0.25) is 8.98 Å². The molecule has 2 saturated carbocycles. The predicted molar refractivity (Wildman–Crippen MR) is 127 cm³/mol. The van der Waals surface area contributed by atoms with Crippen molar-refractivity contribution in [2.45, 2.75) is 73.0 Å². The molecular weight excluding hydrogens is 476 g/mol. The number of rotatable bonds is 10. The van der Waals surface area contributed by atoms with Crippen molar-refractivity contribution in [1.29, 1.82) is 0 Å². The summed E-state index contributed by atoms with van der Waals surface area (Å²) in [6, 6.07) is 11.1. The van der Waals surface area contributed by atoms with Gasteiger partial charge in [-0.05, 0) is 80.3 Å². The van der Waals surface area contributed by atoms with E-state index in [0.29, 0.717) is 12.8 Å². The molecule has 7 nitrogen and oxygen atoms in total. The molecule has 0 aromatic heterocycles. The van der Waals surface area contributed by atoms with Crippen LogP contribution in [0.1, 0.15) is 67.6 Å². The zero-order chi connectivity index (χ0) is 24.6. The van der Waals surface area contributed by atoms with Crippen molar-refractivity contribution < 1.29 is 30.9 Å². The van der Waals surface area contributed by atoms with Gasteiger partial charge in [0, 0.05) is 0 Å². The summed E-state index contributed by atoms with van der Waals surface area (Å²) < 4.78 is 55.7. The van der Waals surface area contributed by atoms with Crippen molar-refractivity contribution in [3.8, 4) is 0 Å². The van der Waals surface area contributed by atoms with Crippen LogP contribution in [0, 0.1) is 6.92 Å². The first-order chi connectivity index (χ1) is 16.1. The van der Waals surface area contributed by atoms with Gasteiger partial charge >= 0.3 is 5.97 Å². The molecule has 0 amide bonds. The van der Waals surface area contributed by atoms with E-state index in [-0.39, 0.29) is 34.5 Å². The highest BCUT2D eigenvalue weighted by Gasteiger charge is 2.53. The van der Waals surface area contributed by atoms with Crippen LogP contribution in [0.4, 0.5) is 0 Å². The normalized spacial score (nSPS) is 18.1. The van der Waals surface area contributed by atoms with Gasteiger partial charge in [0.1, 0.15) is 0 Å². The molecule has 184 valence electrons. The number of aliphatic carboxylic acids is 1. The summed E-state index contributed by atoms with van der Waals surface area (Å²) in [7, 11) is -7.64. The number of carbonyl (C=O) groups is 1. The molecule has 0 spiro atoms. The minimum Gasteiger partial charge on any atom is -0.481 e. The molecule has 2 aromatic rings. The maximum Gasteiger partial charge on any atom is 0.314 e. The van der Waals surface area contributed by atoms with Gasteiger partial charge in [0.25, 0.3) is 10.1 Å². The van der Waals surface area contributed by atoms with Crippen LogP contribution < -0.4 is 0 Å². The van der Waals surface area contributed by atoms with Gasteiger partial charge in [0.15, 0.2) is 9.84 Å². The SMILES string of the molecule is Cc1ccc(S(=O)(=O)OCCCS(=O)(=O)c2ccc(C3(C(=O)O)CC3)c(C3CCCC3)c2)cc1. The Morgan fingerprint density at radius 3 is 2.21 bits per heavy atom. The van der Waals surface area contributed by atoms with Gasteiger partial charge in [-0.25, -0.2) is 8.42 Å². The Balaban J connectivity index is 1.47. The number of aryl methyl sites for hydroxylation is 1. The van der Waals surface area contributed by atoms with Crippen LogP contribution in [0.2, 0.25) is 0 Å². The zero-order valence-corrected chi connectivity index (χ0v) is 20.8. The Bertz CT molecular complexity index is 1270. The second kappa shape index (κ2) is 9.43. The summed E-state index contributed by atoms with van der Waals surface area (Å²) in [5, 5.41) is 9.78. The van der Waals surface area contributed by atoms with Crippen molar-refractivity contribution in [1.82, 2.24) is 0 Å². The topological polar surface area (TPSA) is 115 Å². The van der Waals surface area contributed by atoms with E-state index >= 15 is 0 Å². The summed E-state index contributed by atoms with van der Waals surface area (Å²) in [6.45, 7) is 1.60. The highest BCUT2D eigenvalue weighted by atomic mass is 32.2. The number of carboxylic acids is 1. The molecular formula is C25H30O7S2. The predicted octanol–water partition coefficient (Wildman–Crippen LogP) is 4.34. The highest BCUT2D eigenvalue weighted by Crippen LogP contribution is 2.52. The van der Waals surface area contributed by atoms with E-state index in [0.717, 1.165) is 42.4 Å². The minimum absolute atomic E-state index is 0.0208. The van der Waals surface area contributed by atoms with E-state index in [9.17, 15) is 26.7 Å². The van der Waals surface area contributed by atoms with Crippen LogP contribution in [-0.4, -0.2) is 40.3 Å². The second-order valence-electron chi connectivity index (χ2n) is 9.38. The first-order valence-corrected chi connectivity index (χ1v) is 14.7. The summed E-state index contributed by atoms with van der Waals surface area (Å²) >= 11 is 0. The fourth-order valence-corrected chi connectivity index (χ4v) is 7.03. The maximum atomic E-state index is 13.0. The van der Waals surface area contributed by atoms with Crippen molar-refractivity contribution >= 4 is 25.9 Å². The third-order valence-corrected chi connectivity index (χ3v) is 10.1. The first kappa shape index (κ1) is 24.9. The van der Waals surface area contributed by atoms with Gasteiger partial charge in [0.05, 0.1) is 27.6 Å². The molecule has 0 heterocycles. The molecule has 0 bridgehead atoms. The van der Waals surface area contributed by atoms with Crippen LogP contribution in [-0.2, 0) is 34.3 Å². The van der Waals surface area contributed by atoms with E-state index in [1.807, 2.05) is 6.92 Å². The summed E-state index contributed by atoms with van der Waals surface area (Å²) in [4.78, 5) is 12.1. The van der Waals surface area contributed by atoms with Gasteiger partial charge in [-0.1, -0.05) is 36.6 Å². The van der Waals surface area contributed by atoms with Gasteiger partial charge in [-0.2, -0.15) is 8.42 Å². The van der Waals surface area contributed by atoms with Crippen molar-refractivity contribution in [2.75, 3.05) is 12.4 Å². The van der Waals surface area contributed by atoms with Crippen molar-refractivity contribution in [3.05, 3.63) is 59.2 Å². The Hall–Kier alpha value is -2.23.